The van der Waals surface area contributed by atoms with Crippen LogP contribution in [-0.2, 0) is 6.42 Å². The molecule has 0 aliphatic carbocycles. The van der Waals surface area contributed by atoms with Crippen LogP contribution in [0.15, 0.2) is 54.7 Å². The number of phenolic OH excluding ortho intramolecular Hbond substituents is 1. The van der Waals surface area contributed by atoms with Gasteiger partial charge in [-0.05, 0) is 47.7 Å². The van der Waals surface area contributed by atoms with Gasteiger partial charge in [-0.15, -0.1) is 0 Å². The molecule has 0 saturated heterocycles. The molecular formula is C17H16N2O2. The van der Waals surface area contributed by atoms with E-state index < -0.39 is 0 Å². The number of nitrogens with one attached hydrogen (secondary N) is 2. The van der Waals surface area contributed by atoms with Gasteiger partial charge in [-0.3, -0.25) is 4.79 Å². The van der Waals surface area contributed by atoms with E-state index in [2.05, 4.69) is 16.4 Å². The number of phenols is 1. The van der Waals surface area contributed by atoms with Crippen molar-refractivity contribution in [3.63, 3.8) is 0 Å². The van der Waals surface area contributed by atoms with Gasteiger partial charge in [0, 0.05) is 18.3 Å². The zero-order chi connectivity index (χ0) is 14.7. The fraction of sp³-hybridized carbons (Fsp3) is 0.118. The van der Waals surface area contributed by atoms with Crippen molar-refractivity contribution < 1.29 is 9.90 Å². The van der Waals surface area contributed by atoms with E-state index in [1.54, 1.807) is 18.2 Å². The van der Waals surface area contributed by atoms with Crippen molar-refractivity contribution in [2.24, 2.45) is 0 Å². The highest BCUT2D eigenvalue weighted by atomic mass is 16.3. The van der Waals surface area contributed by atoms with Crippen molar-refractivity contribution >= 4 is 16.8 Å². The fourth-order valence-corrected chi connectivity index (χ4v) is 2.34. The number of rotatable bonds is 4. The lowest BCUT2D eigenvalue weighted by Crippen LogP contribution is -2.25. The van der Waals surface area contributed by atoms with Gasteiger partial charge in [-0.1, -0.05) is 18.2 Å². The summed E-state index contributed by atoms with van der Waals surface area (Å²) in [7, 11) is 0. The molecule has 0 aliphatic heterocycles. The number of benzene rings is 2. The molecule has 0 fully saturated rings. The Kier molecular flexibility index (Phi) is 3.60. The third-order valence-corrected chi connectivity index (χ3v) is 3.47. The number of aromatic amines is 1. The Balaban J connectivity index is 1.60. The zero-order valence-corrected chi connectivity index (χ0v) is 11.5. The molecule has 1 aromatic heterocycles. The number of para-hydroxylation sites is 1. The highest BCUT2D eigenvalue weighted by Crippen LogP contribution is 2.16. The molecule has 0 atom stereocenters. The van der Waals surface area contributed by atoms with Crippen LogP contribution in [0.4, 0.5) is 0 Å². The molecule has 3 aromatic rings. The number of fused-ring (bicyclic) bond motifs is 1. The van der Waals surface area contributed by atoms with Crippen LogP contribution in [0.5, 0.6) is 5.75 Å². The van der Waals surface area contributed by atoms with Gasteiger partial charge in [0.15, 0.2) is 0 Å². The number of aromatic hydroxyl groups is 1. The van der Waals surface area contributed by atoms with Gasteiger partial charge in [0.25, 0.3) is 5.91 Å². The Morgan fingerprint density at radius 3 is 2.86 bits per heavy atom. The summed E-state index contributed by atoms with van der Waals surface area (Å²) in [6, 6.07) is 14.8. The third-order valence-electron chi connectivity index (χ3n) is 3.47. The standard InChI is InChI=1S/C17H16N2O2/c20-16-4-2-1-3-14(16)17(21)19-9-7-12-5-6-15-13(11-12)8-10-18-15/h1-6,8,10-11,18,20H,7,9H2,(H,19,21). The van der Waals surface area contributed by atoms with Crippen LogP contribution in [0.1, 0.15) is 15.9 Å². The Bertz CT molecular complexity index is 777. The number of hydrogen-bond donors (Lipinski definition) is 3. The number of amides is 1. The molecule has 0 bridgehead atoms. The topological polar surface area (TPSA) is 65.1 Å². The molecule has 3 rings (SSSR count). The van der Waals surface area contributed by atoms with Crippen molar-refractivity contribution in [1.82, 2.24) is 10.3 Å². The molecule has 1 amide bonds. The van der Waals surface area contributed by atoms with Crippen molar-refractivity contribution in [1.29, 1.82) is 0 Å². The molecule has 2 aromatic carbocycles. The summed E-state index contributed by atoms with van der Waals surface area (Å²) in [5.41, 5.74) is 2.58. The van der Waals surface area contributed by atoms with Crippen molar-refractivity contribution in [2.75, 3.05) is 6.54 Å². The lowest BCUT2D eigenvalue weighted by atomic mass is 10.1. The van der Waals surface area contributed by atoms with E-state index in [0.717, 1.165) is 11.9 Å². The van der Waals surface area contributed by atoms with Crippen LogP contribution >= 0.6 is 0 Å². The fourth-order valence-electron chi connectivity index (χ4n) is 2.34. The van der Waals surface area contributed by atoms with E-state index >= 15 is 0 Å². The molecule has 0 unspecified atom stereocenters. The number of hydrogen-bond acceptors (Lipinski definition) is 2. The van der Waals surface area contributed by atoms with Gasteiger partial charge in [-0.2, -0.15) is 0 Å². The number of carbonyl (C=O) groups excluding carboxylic acids is 1. The zero-order valence-electron chi connectivity index (χ0n) is 11.5. The summed E-state index contributed by atoms with van der Waals surface area (Å²) in [5.74, 6) is -0.250. The van der Waals surface area contributed by atoms with Crippen LogP contribution < -0.4 is 5.32 Å². The third kappa shape index (κ3) is 2.89. The van der Waals surface area contributed by atoms with Crippen LogP contribution in [0, 0.1) is 0 Å². The minimum atomic E-state index is -0.254. The van der Waals surface area contributed by atoms with E-state index in [9.17, 15) is 9.90 Å². The minimum Gasteiger partial charge on any atom is -0.507 e. The maximum Gasteiger partial charge on any atom is 0.255 e. The molecule has 0 aliphatic rings. The van der Waals surface area contributed by atoms with E-state index in [4.69, 9.17) is 0 Å². The summed E-state index contributed by atoms with van der Waals surface area (Å²) in [5, 5.41) is 13.6. The lowest BCUT2D eigenvalue weighted by molar-refractivity contribution is 0.0951. The Hall–Kier alpha value is -2.75. The summed E-state index contributed by atoms with van der Waals surface area (Å²) < 4.78 is 0. The van der Waals surface area contributed by atoms with Gasteiger partial charge in [0.05, 0.1) is 5.56 Å². The maximum absolute atomic E-state index is 12.0. The number of carbonyl (C=O) groups is 1. The van der Waals surface area contributed by atoms with Crippen LogP contribution in [-0.4, -0.2) is 22.5 Å². The summed E-state index contributed by atoms with van der Waals surface area (Å²) in [4.78, 5) is 15.1. The monoisotopic (exact) mass is 280 g/mol. The Morgan fingerprint density at radius 1 is 1.14 bits per heavy atom. The van der Waals surface area contributed by atoms with Gasteiger partial charge in [0.1, 0.15) is 5.75 Å². The summed E-state index contributed by atoms with van der Waals surface area (Å²) in [6.07, 6.45) is 2.66. The van der Waals surface area contributed by atoms with Crippen molar-refractivity contribution in [3.05, 3.63) is 65.9 Å². The number of aromatic nitrogens is 1. The van der Waals surface area contributed by atoms with E-state index in [-0.39, 0.29) is 11.7 Å². The first-order chi connectivity index (χ1) is 10.2. The Morgan fingerprint density at radius 2 is 2.00 bits per heavy atom. The Labute approximate surface area is 122 Å². The van der Waals surface area contributed by atoms with Crippen molar-refractivity contribution in [2.45, 2.75) is 6.42 Å². The highest BCUT2D eigenvalue weighted by molar-refractivity contribution is 5.96. The second kappa shape index (κ2) is 5.71. The van der Waals surface area contributed by atoms with Gasteiger partial charge >= 0.3 is 0 Å². The molecule has 1 heterocycles. The average Bonchev–Trinajstić information content (AvgIpc) is 2.95. The largest absolute Gasteiger partial charge is 0.507 e. The first-order valence-corrected chi connectivity index (χ1v) is 6.86. The molecule has 0 spiro atoms. The van der Waals surface area contributed by atoms with E-state index in [1.165, 1.54) is 17.0 Å². The SMILES string of the molecule is O=C(NCCc1ccc2[nH]ccc2c1)c1ccccc1O. The first-order valence-electron chi connectivity index (χ1n) is 6.86. The summed E-state index contributed by atoms with van der Waals surface area (Å²) in [6.45, 7) is 0.531. The normalized spacial score (nSPS) is 10.7. The van der Waals surface area contributed by atoms with Crippen LogP contribution in [0.25, 0.3) is 10.9 Å². The summed E-state index contributed by atoms with van der Waals surface area (Å²) >= 11 is 0. The van der Waals surface area contributed by atoms with Crippen molar-refractivity contribution in [3.8, 4) is 5.75 Å². The number of H-pyrrole nitrogens is 1. The molecular weight excluding hydrogens is 264 g/mol. The highest BCUT2D eigenvalue weighted by Gasteiger charge is 2.09. The maximum atomic E-state index is 12.0. The molecule has 21 heavy (non-hydrogen) atoms. The quantitative estimate of drug-likeness (QED) is 0.688. The predicted molar refractivity (Wildman–Crippen MR) is 82.4 cm³/mol. The molecule has 4 nitrogen and oxygen atoms in total. The van der Waals surface area contributed by atoms with Gasteiger partial charge in [0.2, 0.25) is 0 Å². The van der Waals surface area contributed by atoms with E-state index in [0.29, 0.717) is 12.1 Å². The first kappa shape index (κ1) is 13.2. The minimum absolute atomic E-state index is 0.00347. The molecule has 0 saturated carbocycles. The molecule has 0 radical (unpaired) electrons. The smallest absolute Gasteiger partial charge is 0.255 e. The van der Waals surface area contributed by atoms with Crippen LogP contribution in [0.2, 0.25) is 0 Å². The molecule has 106 valence electrons. The predicted octanol–water partition coefficient (Wildman–Crippen LogP) is 2.85. The van der Waals surface area contributed by atoms with E-state index in [1.807, 2.05) is 24.4 Å². The second-order valence-electron chi connectivity index (χ2n) is 4.92. The van der Waals surface area contributed by atoms with Crippen LogP contribution in [0.3, 0.4) is 0 Å². The molecule has 4 heteroatoms. The average molecular weight is 280 g/mol. The second-order valence-corrected chi connectivity index (χ2v) is 4.92. The lowest BCUT2D eigenvalue weighted by Gasteiger charge is -2.07. The molecule has 3 N–H and O–H groups in total. The van der Waals surface area contributed by atoms with Gasteiger partial charge in [-0.25, -0.2) is 0 Å². The van der Waals surface area contributed by atoms with Gasteiger partial charge < -0.3 is 15.4 Å².